The predicted molar refractivity (Wildman–Crippen MR) is 77.2 cm³/mol. The number of para-hydroxylation sites is 1. The van der Waals surface area contributed by atoms with Crippen LogP contribution < -0.4 is 0 Å². The Bertz CT molecular complexity index is 703. The topological polar surface area (TPSA) is 70.8 Å². The number of aryl methyl sites for hydroxylation is 1. The summed E-state index contributed by atoms with van der Waals surface area (Å²) in [6.45, 7) is 2.70. The van der Waals surface area contributed by atoms with Gasteiger partial charge < -0.3 is 14.4 Å². The molecule has 1 amide bonds. The van der Waals surface area contributed by atoms with E-state index in [1.54, 1.807) is 4.90 Å². The zero-order valence-electron chi connectivity index (χ0n) is 11.8. The van der Waals surface area contributed by atoms with Crippen molar-refractivity contribution in [3.63, 3.8) is 0 Å². The average molecular weight is 287 g/mol. The minimum atomic E-state index is -0.839. The number of carboxylic acids is 1. The van der Waals surface area contributed by atoms with E-state index in [2.05, 4.69) is 0 Å². The van der Waals surface area contributed by atoms with Gasteiger partial charge in [-0.1, -0.05) is 18.2 Å². The molecule has 0 saturated carbocycles. The number of carboxylic acid groups (broad SMARTS) is 1. The number of hydrogen-bond donors (Lipinski definition) is 1. The van der Waals surface area contributed by atoms with Crippen molar-refractivity contribution in [3.05, 3.63) is 35.6 Å². The molecule has 110 valence electrons. The molecule has 2 aromatic rings. The summed E-state index contributed by atoms with van der Waals surface area (Å²) in [7, 11) is 0. The van der Waals surface area contributed by atoms with E-state index in [4.69, 9.17) is 9.52 Å². The summed E-state index contributed by atoms with van der Waals surface area (Å²) < 4.78 is 5.67. The van der Waals surface area contributed by atoms with E-state index in [-0.39, 0.29) is 12.5 Å². The molecule has 1 atom stereocenters. The number of amides is 1. The molecular weight excluding hydrogens is 270 g/mol. The van der Waals surface area contributed by atoms with Gasteiger partial charge in [-0.2, -0.15) is 0 Å². The highest BCUT2D eigenvalue weighted by molar-refractivity contribution is 5.99. The highest BCUT2D eigenvalue weighted by Gasteiger charge is 2.31. The van der Waals surface area contributed by atoms with E-state index in [1.165, 1.54) is 0 Å². The van der Waals surface area contributed by atoms with Gasteiger partial charge in [0.25, 0.3) is 5.91 Å². The van der Waals surface area contributed by atoms with Crippen molar-refractivity contribution in [3.8, 4) is 0 Å². The number of benzene rings is 1. The Balaban J connectivity index is 1.90. The van der Waals surface area contributed by atoms with Gasteiger partial charge in [-0.15, -0.1) is 0 Å². The van der Waals surface area contributed by atoms with Crippen molar-refractivity contribution in [2.24, 2.45) is 5.92 Å². The van der Waals surface area contributed by atoms with Crippen molar-refractivity contribution in [1.82, 2.24) is 4.90 Å². The predicted octanol–water partition coefficient (Wildman–Crippen LogP) is 2.68. The van der Waals surface area contributed by atoms with Crippen LogP contribution in [0, 0.1) is 12.8 Å². The lowest BCUT2D eigenvalue weighted by Crippen LogP contribution is -2.42. The summed E-state index contributed by atoms with van der Waals surface area (Å²) in [6.07, 6.45) is 1.33. The molecule has 21 heavy (non-hydrogen) atoms. The van der Waals surface area contributed by atoms with Crippen LogP contribution >= 0.6 is 0 Å². The molecule has 1 aliphatic heterocycles. The van der Waals surface area contributed by atoms with Gasteiger partial charge in [0, 0.05) is 24.0 Å². The molecular formula is C16H17NO4. The van der Waals surface area contributed by atoms with Gasteiger partial charge >= 0.3 is 5.97 Å². The van der Waals surface area contributed by atoms with E-state index in [0.29, 0.717) is 30.7 Å². The monoisotopic (exact) mass is 287 g/mol. The highest BCUT2D eigenvalue weighted by Crippen LogP contribution is 2.27. The van der Waals surface area contributed by atoms with Crippen molar-refractivity contribution >= 4 is 22.8 Å². The summed E-state index contributed by atoms with van der Waals surface area (Å²) in [5.74, 6) is -1.21. The number of furan rings is 1. The maximum absolute atomic E-state index is 12.6. The average Bonchev–Trinajstić information content (AvgIpc) is 2.84. The Hall–Kier alpha value is -2.30. The van der Waals surface area contributed by atoms with Gasteiger partial charge in [0.2, 0.25) is 0 Å². The molecule has 0 aliphatic carbocycles. The van der Waals surface area contributed by atoms with Gasteiger partial charge in [0.15, 0.2) is 5.76 Å². The number of piperidine rings is 1. The molecule has 0 unspecified atom stereocenters. The molecule has 0 bridgehead atoms. The van der Waals surface area contributed by atoms with Crippen LogP contribution in [-0.4, -0.2) is 35.0 Å². The second-order valence-electron chi connectivity index (χ2n) is 5.48. The second kappa shape index (κ2) is 5.24. The van der Waals surface area contributed by atoms with Crippen LogP contribution in [0.4, 0.5) is 0 Å². The number of aliphatic carboxylic acids is 1. The maximum Gasteiger partial charge on any atom is 0.308 e. The molecule has 0 radical (unpaired) electrons. The second-order valence-corrected chi connectivity index (χ2v) is 5.48. The number of rotatable bonds is 2. The van der Waals surface area contributed by atoms with Crippen LogP contribution in [0.15, 0.2) is 28.7 Å². The maximum atomic E-state index is 12.6. The summed E-state index contributed by atoms with van der Waals surface area (Å²) in [4.78, 5) is 25.3. The number of carbonyl (C=O) groups excluding carboxylic acids is 1. The first-order valence-corrected chi connectivity index (χ1v) is 7.08. The Morgan fingerprint density at radius 3 is 2.81 bits per heavy atom. The van der Waals surface area contributed by atoms with Crippen LogP contribution in [0.2, 0.25) is 0 Å². The fourth-order valence-electron chi connectivity index (χ4n) is 2.89. The SMILES string of the molecule is Cc1c(C(=O)N2CCC[C@@H](C(=O)O)C2)oc2ccccc12. The molecule has 5 heteroatoms. The third kappa shape index (κ3) is 2.39. The van der Waals surface area contributed by atoms with Gasteiger partial charge in [-0.05, 0) is 25.8 Å². The van der Waals surface area contributed by atoms with E-state index in [9.17, 15) is 9.59 Å². The van der Waals surface area contributed by atoms with Crippen molar-refractivity contribution in [2.75, 3.05) is 13.1 Å². The Morgan fingerprint density at radius 1 is 1.33 bits per heavy atom. The fourth-order valence-corrected chi connectivity index (χ4v) is 2.89. The summed E-state index contributed by atoms with van der Waals surface area (Å²) in [5, 5.41) is 10.0. The molecule has 1 aliphatic rings. The number of hydrogen-bond acceptors (Lipinski definition) is 3. The van der Waals surface area contributed by atoms with Crippen molar-refractivity contribution < 1.29 is 19.1 Å². The van der Waals surface area contributed by atoms with Crippen LogP contribution in [-0.2, 0) is 4.79 Å². The Labute approximate surface area is 122 Å². The van der Waals surface area contributed by atoms with E-state index < -0.39 is 11.9 Å². The third-order valence-electron chi connectivity index (χ3n) is 4.10. The molecule has 2 heterocycles. The molecule has 1 aromatic heterocycles. The lowest BCUT2D eigenvalue weighted by molar-refractivity contribution is -0.143. The van der Waals surface area contributed by atoms with Crippen LogP contribution in [0.1, 0.15) is 29.0 Å². The first-order chi connectivity index (χ1) is 10.1. The molecule has 1 aromatic carbocycles. The van der Waals surface area contributed by atoms with Gasteiger partial charge in [-0.3, -0.25) is 9.59 Å². The van der Waals surface area contributed by atoms with Crippen LogP contribution in [0.5, 0.6) is 0 Å². The normalized spacial score (nSPS) is 18.9. The number of carbonyl (C=O) groups is 2. The van der Waals surface area contributed by atoms with E-state index in [1.807, 2.05) is 31.2 Å². The first-order valence-electron chi connectivity index (χ1n) is 7.08. The van der Waals surface area contributed by atoms with Crippen LogP contribution in [0.3, 0.4) is 0 Å². The number of likely N-dealkylation sites (tertiary alicyclic amines) is 1. The van der Waals surface area contributed by atoms with Gasteiger partial charge in [-0.25, -0.2) is 0 Å². The number of fused-ring (bicyclic) bond motifs is 1. The van der Waals surface area contributed by atoms with E-state index in [0.717, 1.165) is 10.9 Å². The largest absolute Gasteiger partial charge is 0.481 e. The molecule has 5 nitrogen and oxygen atoms in total. The van der Waals surface area contributed by atoms with E-state index >= 15 is 0 Å². The summed E-state index contributed by atoms with van der Waals surface area (Å²) >= 11 is 0. The Kier molecular flexibility index (Phi) is 3.41. The quantitative estimate of drug-likeness (QED) is 0.921. The van der Waals surface area contributed by atoms with Gasteiger partial charge in [0.05, 0.1) is 5.92 Å². The highest BCUT2D eigenvalue weighted by atomic mass is 16.4. The fraction of sp³-hybridized carbons (Fsp3) is 0.375. The summed E-state index contributed by atoms with van der Waals surface area (Å²) in [5.41, 5.74) is 1.50. The smallest absolute Gasteiger partial charge is 0.308 e. The molecule has 0 spiro atoms. The number of nitrogens with zero attached hydrogens (tertiary/aromatic N) is 1. The minimum absolute atomic E-state index is 0.213. The Morgan fingerprint density at radius 2 is 2.10 bits per heavy atom. The van der Waals surface area contributed by atoms with Crippen molar-refractivity contribution in [1.29, 1.82) is 0 Å². The first kappa shape index (κ1) is 13.7. The molecule has 3 rings (SSSR count). The molecule has 1 saturated heterocycles. The molecule has 1 N–H and O–H groups in total. The lowest BCUT2D eigenvalue weighted by Gasteiger charge is -2.30. The lowest BCUT2D eigenvalue weighted by atomic mass is 9.98. The zero-order valence-corrected chi connectivity index (χ0v) is 11.8. The standard InChI is InChI=1S/C16H17NO4/c1-10-12-6-2-3-7-13(12)21-14(10)15(18)17-8-4-5-11(9-17)16(19)20/h2-3,6-7,11H,4-5,8-9H2,1H3,(H,19,20)/t11-/m1/s1. The van der Waals surface area contributed by atoms with Gasteiger partial charge in [0.1, 0.15) is 5.58 Å². The minimum Gasteiger partial charge on any atom is -0.481 e. The zero-order chi connectivity index (χ0) is 15.0. The van der Waals surface area contributed by atoms with Crippen molar-refractivity contribution in [2.45, 2.75) is 19.8 Å². The summed E-state index contributed by atoms with van der Waals surface area (Å²) in [6, 6.07) is 7.51. The van der Waals surface area contributed by atoms with Crippen LogP contribution in [0.25, 0.3) is 11.0 Å². The molecule has 1 fully saturated rings. The third-order valence-corrected chi connectivity index (χ3v) is 4.10.